The van der Waals surface area contributed by atoms with Gasteiger partial charge in [-0.25, -0.2) is 9.97 Å². The first kappa shape index (κ1) is 23.8. The van der Waals surface area contributed by atoms with Gasteiger partial charge >= 0.3 is 0 Å². The summed E-state index contributed by atoms with van der Waals surface area (Å²) in [7, 11) is 1.62. The van der Waals surface area contributed by atoms with Crippen LogP contribution in [0.4, 0.5) is 5.95 Å². The number of piperidine rings is 1. The predicted molar refractivity (Wildman–Crippen MR) is 132 cm³/mol. The van der Waals surface area contributed by atoms with E-state index in [-0.39, 0.29) is 5.91 Å². The highest BCUT2D eigenvalue weighted by molar-refractivity contribution is 6.32. The van der Waals surface area contributed by atoms with Gasteiger partial charge in [0.05, 0.1) is 23.4 Å². The van der Waals surface area contributed by atoms with Crippen LogP contribution in [0.2, 0.25) is 5.02 Å². The molecular formula is C26H35ClN4O2. The number of aromatic nitrogens is 2. The Morgan fingerprint density at radius 3 is 2.58 bits per heavy atom. The Labute approximate surface area is 202 Å². The molecule has 1 saturated carbocycles. The van der Waals surface area contributed by atoms with Crippen LogP contribution in [-0.4, -0.2) is 42.6 Å². The van der Waals surface area contributed by atoms with E-state index < -0.39 is 0 Å². The van der Waals surface area contributed by atoms with Gasteiger partial charge in [-0.15, -0.1) is 0 Å². The lowest BCUT2D eigenvalue weighted by Gasteiger charge is -2.48. The summed E-state index contributed by atoms with van der Waals surface area (Å²) in [5.41, 5.74) is 3.22. The Kier molecular flexibility index (Phi) is 7.74. The number of rotatable bonds is 9. The number of carbonyl (C=O) groups is 1. The second-order valence-electron chi connectivity index (χ2n) is 9.41. The zero-order valence-electron chi connectivity index (χ0n) is 19.8. The Morgan fingerprint density at radius 2 is 1.94 bits per heavy atom. The lowest BCUT2D eigenvalue weighted by atomic mass is 9.63. The van der Waals surface area contributed by atoms with Crippen LogP contribution in [-0.2, 0) is 12.8 Å². The molecule has 2 aromatic rings. The molecule has 7 heteroatoms. The molecule has 2 heterocycles. The molecule has 178 valence electrons. The molecule has 0 atom stereocenters. The summed E-state index contributed by atoms with van der Waals surface area (Å²) in [5.74, 6) is 1.38. The number of nitrogens with zero attached hydrogens (tertiary/aromatic N) is 3. The van der Waals surface area contributed by atoms with E-state index >= 15 is 0 Å². The molecule has 1 spiro atoms. The number of ether oxygens (including phenoxy) is 1. The summed E-state index contributed by atoms with van der Waals surface area (Å²) in [6.07, 6.45) is 11.9. The third-order valence-electron chi connectivity index (χ3n) is 7.30. The van der Waals surface area contributed by atoms with E-state index in [1.54, 1.807) is 13.3 Å². The van der Waals surface area contributed by atoms with Gasteiger partial charge in [0, 0.05) is 25.8 Å². The summed E-state index contributed by atoms with van der Waals surface area (Å²) in [6, 6.07) is 5.93. The number of hydrogen-bond acceptors (Lipinski definition) is 5. The minimum Gasteiger partial charge on any atom is -0.495 e. The molecule has 1 aliphatic heterocycles. The van der Waals surface area contributed by atoms with Gasteiger partial charge in [0.2, 0.25) is 5.95 Å². The van der Waals surface area contributed by atoms with Crippen molar-refractivity contribution in [3.63, 3.8) is 0 Å². The largest absolute Gasteiger partial charge is 0.495 e. The molecule has 2 fully saturated rings. The normalized spacial score (nSPS) is 17.0. The Morgan fingerprint density at radius 1 is 1.18 bits per heavy atom. The molecule has 1 N–H and O–H groups in total. The monoisotopic (exact) mass is 470 g/mol. The quantitative estimate of drug-likeness (QED) is 0.508. The first-order valence-corrected chi connectivity index (χ1v) is 12.6. The van der Waals surface area contributed by atoms with Crippen molar-refractivity contribution in [2.75, 3.05) is 31.6 Å². The van der Waals surface area contributed by atoms with Gasteiger partial charge in [0.15, 0.2) is 0 Å². The van der Waals surface area contributed by atoms with E-state index in [1.807, 2.05) is 19.1 Å². The highest BCUT2D eigenvalue weighted by Gasteiger charge is 2.40. The number of halogens is 1. The molecule has 1 aromatic carbocycles. The van der Waals surface area contributed by atoms with Gasteiger partial charge in [-0.1, -0.05) is 24.1 Å². The standard InChI is InChI=1S/C26H35ClN4O2/c1-3-28-24(32)20-18-29-25(31-15-13-26(14-16-31)11-6-12-26)30-22(20)8-5-4-7-19-9-10-23(33-2)21(27)17-19/h9-10,17-18H,3-8,11-16H2,1-2H3,(H,28,32). The molecule has 2 aliphatic rings. The van der Waals surface area contributed by atoms with Gasteiger partial charge in [-0.05, 0) is 81.4 Å². The lowest BCUT2D eigenvalue weighted by molar-refractivity contribution is 0.0949. The van der Waals surface area contributed by atoms with Crippen LogP contribution in [0.3, 0.4) is 0 Å². The first-order valence-electron chi connectivity index (χ1n) is 12.2. The fourth-order valence-corrected chi connectivity index (χ4v) is 5.32. The SMILES string of the molecule is CCNC(=O)c1cnc(N2CCC3(CCC3)CC2)nc1CCCCc1ccc(OC)c(Cl)c1. The first-order chi connectivity index (χ1) is 16.0. The number of hydrogen-bond donors (Lipinski definition) is 1. The smallest absolute Gasteiger partial charge is 0.254 e. The van der Waals surface area contributed by atoms with Crippen molar-refractivity contribution in [3.05, 3.63) is 46.2 Å². The Bertz CT molecular complexity index is 967. The summed E-state index contributed by atoms with van der Waals surface area (Å²) in [6.45, 7) is 4.54. The molecular weight excluding hydrogens is 436 g/mol. The van der Waals surface area contributed by atoms with E-state index in [9.17, 15) is 4.79 Å². The number of unbranched alkanes of at least 4 members (excludes halogenated alkanes) is 1. The molecule has 0 bridgehead atoms. The van der Waals surface area contributed by atoms with E-state index in [1.165, 1.54) is 37.7 Å². The predicted octanol–water partition coefficient (Wildman–Crippen LogP) is 5.22. The molecule has 33 heavy (non-hydrogen) atoms. The topological polar surface area (TPSA) is 67.4 Å². The van der Waals surface area contributed by atoms with Crippen molar-refractivity contribution in [2.45, 2.75) is 64.7 Å². The third-order valence-corrected chi connectivity index (χ3v) is 7.60. The summed E-state index contributed by atoms with van der Waals surface area (Å²) in [5, 5.41) is 3.54. The number of methoxy groups -OCH3 is 1. The summed E-state index contributed by atoms with van der Waals surface area (Å²) < 4.78 is 5.23. The van der Waals surface area contributed by atoms with Crippen LogP contribution in [0.25, 0.3) is 0 Å². The van der Waals surface area contributed by atoms with Gasteiger partial charge in [-0.3, -0.25) is 4.79 Å². The molecule has 1 saturated heterocycles. The fourth-order valence-electron chi connectivity index (χ4n) is 5.04. The van der Waals surface area contributed by atoms with Crippen molar-refractivity contribution in [1.29, 1.82) is 0 Å². The Balaban J connectivity index is 1.40. The average Bonchev–Trinajstić information content (AvgIpc) is 2.81. The van der Waals surface area contributed by atoms with Crippen molar-refractivity contribution < 1.29 is 9.53 Å². The maximum absolute atomic E-state index is 12.6. The maximum Gasteiger partial charge on any atom is 0.254 e. The van der Waals surface area contributed by atoms with Crippen LogP contribution in [0.1, 0.15) is 73.5 Å². The van der Waals surface area contributed by atoms with Crippen LogP contribution < -0.4 is 15.0 Å². The molecule has 4 rings (SSSR count). The fraction of sp³-hybridized carbons (Fsp3) is 0.577. The number of amides is 1. The zero-order valence-corrected chi connectivity index (χ0v) is 20.6. The van der Waals surface area contributed by atoms with Crippen molar-refractivity contribution >= 4 is 23.5 Å². The molecule has 0 unspecified atom stereocenters. The van der Waals surface area contributed by atoms with E-state index in [4.69, 9.17) is 21.3 Å². The molecule has 1 aromatic heterocycles. The Hall–Kier alpha value is -2.34. The average molecular weight is 471 g/mol. The molecule has 1 amide bonds. The molecule has 1 aliphatic carbocycles. The van der Waals surface area contributed by atoms with Crippen LogP contribution in [0.15, 0.2) is 24.4 Å². The second-order valence-corrected chi connectivity index (χ2v) is 9.81. The third kappa shape index (κ3) is 5.60. The number of benzene rings is 1. The lowest BCUT2D eigenvalue weighted by Crippen LogP contribution is -2.44. The minimum atomic E-state index is -0.0898. The van der Waals surface area contributed by atoms with Crippen molar-refractivity contribution in [2.24, 2.45) is 5.41 Å². The minimum absolute atomic E-state index is 0.0898. The van der Waals surface area contributed by atoms with E-state index in [0.29, 0.717) is 28.3 Å². The highest BCUT2D eigenvalue weighted by Crippen LogP contribution is 2.49. The maximum atomic E-state index is 12.6. The van der Waals surface area contributed by atoms with Crippen LogP contribution in [0, 0.1) is 5.41 Å². The van der Waals surface area contributed by atoms with E-state index in [0.717, 1.165) is 50.4 Å². The highest BCUT2D eigenvalue weighted by atomic mass is 35.5. The van der Waals surface area contributed by atoms with Gasteiger partial charge < -0.3 is 15.0 Å². The zero-order chi connectivity index (χ0) is 23.3. The van der Waals surface area contributed by atoms with Crippen molar-refractivity contribution in [3.8, 4) is 5.75 Å². The van der Waals surface area contributed by atoms with E-state index in [2.05, 4.69) is 21.3 Å². The summed E-state index contributed by atoms with van der Waals surface area (Å²) >= 11 is 6.25. The number of carbonyl (C=O) groups excluding carboxylic acids is 1. The number of aryl methyl sites for hydroxylation is 2. The molecule has 0 radical (unpaired) electrons. The van der Waals surface area contributed by atoms with Gasteiger partial charge in [-0.2, -0.15) is 0 Å². The van der Waals surface area contributed by atoms with Crippen molar-refractivity contribution in [1.82, 2.24) is 15.3 Å². The second kappa shape index (κ2) is 10.7. The van der Waals surface area contributed by atoms with Crippen LogP contribution >= 0.6 is 11.6 Å². The molecule has 6 nitrogen and oxygen atoms in total. The van der Waals surface area contributed by atoms with Gasteiger partial charge in [0.1, 0.15) is 5.75 Å². The van der Waals surface area contributed by atoms with Gasteiger partial charge in [0.25, 0.3) is 5.91 Å². The summed E-state index contributed by atoms with van der Waals surface area (Å²) in [4.78, 5) is 24.4. The number of nitrogens with one attached hydrogen (secondary N) is 1. The number of anilines is 1. The van der Waals surface area contributed by atoms with Crippen LogP contribution in [0.5, 0.6) is 5.75 Å².